The molecule has 0 aromatic heterocycles. The first kappa shape index (κ1) is 14.1. The molecule has 0 spiro atoms. The molecule has 0 saturated carbocycles. The number of rotatable bonds is 6. The van der Waals surface area contributed by atoms with Crippen LogP contribution in [0.15, 0.2) is 0 Å². The van der Waals surface area contributed by atoms with Crippen molar-refractivity contribution in [3.05, 3.63) is 0 Å². The van der Waals surface area contributed by atoms with E-state index in [-0.39, 0.29) is 25.4 Å². The fourth-order valence-corrected chi connectivity index (χ4v) is 2.47. The molecule has 5 nitrogen and oxygen atoms in total. The quantitative estimate of drug-likeness (QED) is 0.735. The van der Waals surface area contributed by atoms with E-state index in [1.165, 1.54) is 0 Å². The van der Waals surface area contributed by atoms with Crippen molar-refractivity contribution in [1.82, 2.24) is 0 Å². The van der Waals surface area contributed by atoms with Gasteiger partial charge in [-0.2, -0.15) is 0 Å². The van der Waals surface area contributed by atoms with Crippen molar-refractivity contribution in [2.75, 3.05) is 13.2 Å². The van der Waals surface area contributed by atoms with Gasteiger partial charge in [-0.15, -0.1) is 0 Å². The molecule has 96 valence electrons. The van der Waals surface area contributed by atoms with Gasteiger partial charge in [-0.3, -0.25) is 9.05 Å². The zero-order valence-corrected chi connectivity index (χ0v) is 11.0. The SMILES string of the molecule is CCCOP(=O)(O)OC[C@@H]1C[C@H](C)[C@H](C)O1. The van der Waals surface area contributed by atoms with Crippen molar-refractivity contribution in [3.8, 4) is 0 Å². The maximum atomic E-state index is 11.3. The summed E-state index contributed by atoms with van der Waals surface area (Å²) in [5.74, 6) is 0.461. The summed E-state index contributed by atoms with van der Waals surface area (Å²) in [4.78, 5) is 9.29. The van der Waals surface area contributed by atoms with Gasteiger partial charge in [-0.05, 0) is 25.7 Å². The van der Waals surface area contributed by atoms with Gasteiger partial charge in [0.15, 0.2) is 0 Å². The lowest BCUT2D eigenvalue weighted by atomic mass is 10.0. The van der Waals surface area contributed by atoms with Crippen LogP contribution in [0.3, 0.4) is 0 Å². The van der Waals surface area contributed by atoms with E-state index in [1.54, 1.807) is 0 Å². The molecule has 1 aliphatic rings. The third-order valence-electron chi connectivity index (χ3n) is 2.73. The highest BCUT2D eigenvalue weighted by Crippen LogP contribution is 2.44. The highest BCUT2D eigenvalue weighted by atomic mass is 31.2. The average Bonchev–Trinajstić information content (AvgIpc) is 2.53. The Morgan fingerprint density at radius 1 is 1.44 bits per heavy atom. The van der Waals surface area contributed by atoms with Crippen molar-refractivity contribution >= 4 is 7.82 Å². The van der Waals surface area contributed by atoms with Crippen molar-refractivity contribution in [2.24, 2.45) is 5.92 Å². The highest BCUT2D eigenvalue weighted by molar-refractivity contribution is 7.47. The van der Waals surface area contributed by atoms with Crippen molar-refractivity contribution in [2.45, 2.75) is 45.8 Å². The summed E-state index contributed by atoms with van der Waals surface area (Å²) in [6.07, 6.45) is 1.62. The Balaban J connectivity index is 2.26. The minimum atomic E-state index is -3.88. The Morgan fingerprint density at radius 2 is 2.12 bits per heavy atom. The second-order valence-corrected chi connectivity index (χ2v) is 5.73. The average molecular weight is 252 g/mol. The van der Waals surface area contributed by atoms with E-state index >= 15 is 0 Å². The summed E-state index contributed by atoms with van der Waals surface area (Å²) in [6.45, 7) is 6.30. The lowest BCUT2D eigenvalue weighted by molar-refractivity contribution is 0.0109. The van der Waals surface area contributed by atoms with Crippen molar-refractivity contribution in [3.63, 3.8) is 0 Å². The largest absolute Gasteiger partial charge is 0.472 e. The standard InChI is InChI=1S/C10H21O5P/c1-4-5-13-16(11,12)14-7-10-6-8(2)9(3)15-10/h8-10H,4-7H2,1-3H3,(H,11,12)/t8-,9-,10-/m0/s1. The van der Waals surface area contributed by atoms with E-state index in [2.05, 4.69) is 6.92 Å². The van der Waals surface area contributed by atoms with Crippen LogP contribution < -0.4 is 0 Å². The van der Waals surface area contributed by atoms with Crippen LogP contribution in [0.4, 0.5) is 0 Å². The van der Waals surface area contributed by atoms with Gasteiger partial charge in [0.05, 0.1) is 25.4 Å². The molecular weight excluding hydrogens is 231 g/mol. The molecule has 1 rings (SSSR count). The Morgan fingerprint density at radius 3 is 2.62 bits per heavy atom. The zero-order valence-electron chi connectivity index (χ0n) is 10.1. The third-order valence-corrected chi connectivity index (χ3v) is 3.71. The number of phosphoric ester groups is 1. The van der Waals surface area contributed by atoms with Crippen LogP contribution >= 0.6 is 7.82 Å². The van der Waals surface area contributed by atoms with E-state index in [0.717, 1.165) is 6.42 Å². The van der Waals surface area contributed by atoms with Crippen molar-refractivity contribution in [1.29, 1.82) is 0 Å². The molecule has 1 unspecified atom stereocenters. The molecule has 1 heterocycles. The van der Waals surface area contributed by atoms with Gasteiger partial charge in [-0.25, -0.2) is 4.57 Å². The highest BCUT2D eigenvalue weighted by Gasteiger charge is 2.31. The smallest absolute Gasteiger partial charge is 0.373 e. The van der Waals surface area contributed by atoms with Crippen LogP contribution in [-0.4, -0.2) is 30.3 Å². The molecule has 0 aromatic carbocycles. The minimum Gasteiger partial charge on any atom is -0.373 e. The van der Waals surface area contributed by atoms with E-state index in [4.69, 9.17) is 13.8 Å². The summed E-state index contributed by atoms with van der Waals surface area (Å²) in [5, 5.41) is 0. The Kier molecular flexibility index (Phi) is 5.41. The molecule has 0 bridgehead atoms. The van der Waals surface area contributed by atoms with Crippen LogP contribution in [0.1, 0.15) is 33.6 Å². The summed E-state index contributed by atoms with van der Waals surface area (Å²) in [6, 6.07) is 0. The maximum Gasteiger partial charge on any atom is 0.472 e. The van der Waals surface area contributed by atoms with Gasteiger partial charge in [-0.1, -0.05) is 13.8 Å². The molecule has 0 radical (unpaired) electrons. The molecule has 0 amide bonds. The monoisotopic (exact) mass is 252 g/mol. The van der Waals surface area contributed by atoms with Crippen LogP contribution in [-0.2, 0) is 18.3 Å². The van der Waals surface area contributed by atoms with Crippen molar-refractivity contribution < 1.29 is 23.2 Å². The van der Waals surface area contributed by atoms with Crippen LogP contribution in [0.5, 0.6) is 0 Å². The Bertz CT molecular complexity index is 248. The van der Waals surface area contributed by atoms with E-state index in [0.29, 0.717) is 12.3 Å². The predicted molar refractivity (Wildman–Crippen MR) is 60.1 cm³/mol. The molecule has 1 saturated heterocycles. The lowest BCUT2D eigenvalue weighted by Crippen LogP contribution is -2.15. The zero-order chi connectivity index (χ0) is 12.2. The lowest BCUT2D eigenvalue weighted by Gasteiger charge is -2.15. The normalized spacial score (nSPS) is 33.9. The number of ether oxygens (including phenoxy) is 1. The van der Waals surface area contributed by atoms with Gasteiger partial charge in [0, 0.05) is 0 Å². The maximum absolute atomic E-state index is 11.3. The first-order valence-corrected chi connectivity index (χ1v) is 7.21. The molecule has 0 aliphatic carbocycles. The van der Waals surface area contributed by atoms with Gasteiger partial charge in [0.25, 0.3) is 0 Å². The van der Waals surface area contributed by atoms with Gasteiger partial charge in [0.2, 0.25) is 0 Å². The van der Waals surface area contributed by atoms with Gasteiger partial charge < -0.3 is 9.63 Å². The summed E-state index contributed by atoms with van der Waals surface area (Å²) in [7, 11) is -3.88. The summed E-state index contributed by atoms with van der Waals surface area (Å²) in [5.41, 5.74) is 0. The van der Waals surface area contributed by atoms with Crippen LogP contribution in [0.2, 0.25) is 0 Å². The first-order valence-electron chi connectivity index (χ1n) is 5.72. The second-order valence-electron chi connectivity index (χ2n) is 4.27. The number of hydrogen-bond donors (Lipinski definition) is 1. The van der Waals surface area contributed by atoms with E-state index in [1.807, 2.05) is 13.8 Å². The molecule has 0 aromatic rings. The fraction of sp³-hybridized carbons (Fsp3) is 1.00. The Hall–Kier alpha value is 0.0700. The van der Waals surface area contributed by atoms with E-state index in [9.17, 15) is 9.46 Å². The molecule has 16 heavy (non-hydrogen) atoms. The van der Waals surface area contributed by atoms with E-state index < -0.39 is 7.82 Å². The third kappa shape index (κ3) is 4.52. The topological polar surface area (TPSA) is 65.0 Å². The number of phosphoric acid groups is 1. The Labute approximate surface area is 96.7 Å². The number of hydrogen-bond acceptors (Lipinski definition) is 4. The summed E-state index contributed by atoms with van der Waals surface area (Å²) < 4.78 is 26.5. The second kappa shape index (κ2) is 6.12. The molecule has 1 fully saturated rings. The fourth-order valence-electron chi connectivity index (χ4n) is 1.63. The predicted octanol–water partition coefficient (Wildman–Crippen LogP) is 2.34. The molecule has 4 atom stereocenters. The van der Waals surface area contributed by atoms with Crippen LogP contribution in [0, 0.1) is 5.92 Å². The van der Waals surface area contributed by atoms with Gasteiger partial charge in [0.1, 0.15) is 0 Å². The molecule has 1 aliphatic heterocycles. The molecule has 6 heteroatoms. The summed E-state index contributed by atoms with van der Waals surface area (Å²) >= 11 is 0. The van der Waals surface area contributed by atoms with Gasteiger partial charge >= 0.3 is 7.82 Å². The first-order chi connectivity index (χ1) is 7.44. The molecular formula is C10H21O5P. The minimum absolute atomic E-state index is 0.101. The van der Waals surface area contributed by atoms with Crippen LogP contribution in [0.25, 0.3) is 0 Å². The molecule has 1 N–H and O–H groups in total.